The number of rotatable bonds is 6. The molecule has 0 heterocycles. The average Bonchev–Trinajstić information content (AvgIpc) is 2.57. The fourth-order valence-corrected chi connectivity index (χ4v) is 3.89. The van der Waals surface area contributed by atoms with Crippen molar-refractivity contribution in [3.63, 3.8) is 0 Å². The van der Waals surface area contributed by atoms with Crippen LogP contribution >= 0.6 is 27.5 Å². The first kappa shape index (κ1) is 21.0. The van der Waals surface area contributed by atoms with E-state index in [0.29, 0.717) is 5.69 Å². The lowest BCUT2D eigenvalue weighted by Crippen LogP contribution is -2.44. The molecule has 0 saturated carbocycles. The standard InChI is InChI=1S/C16H16BrClN4O4S/c1-9(20-16(19)24)15(23)21-12-6-7-13(18)14(8-12)27(25,26)22-11-4-2-10(17)3-5-11/h2-9,22H,1H3,(H,21,23)(H3,19,20,24)/t9-/m0/s1. The lowest BCUT2D eigenvalue weighted by Gasteiger charge is -2.14. The highest BCUT2D eigenvalue weighted by molar-refractivity contribution is 9.10. The molecule has 0 saturated heterocycles. The van der Waals surface area contributed by atoms with Crippen molar-refractivity contribution in [1.82, 2.24) is 5.32 Å². The third-order valence-electron chi connectivity index (χ3n) is 3.34. The Kier molecular flexibility index (Phi) is 6.68. The maximum absolute atomic E-state index is 12.6. The number of nitrogens with two attached hydrogens (primary N) is 1. The van der Waals surface area contributed by atoms with Gasteiger partial charge in [0.25, 0.3) is 10.0 Å². The predicted molar refractivity (Wildman–Crippen MR) is 107 cm³/mol. The maximum atomic E-state index is 12.6. The molecule has 144 valence electrons. The molecule has 2 aromatic rings. The number of carbonyl (C=O) groups excluding carboxylic acids is 2. The molecular formula is C16H16BrClN4O4S. The molecule has 27 heavy (non-hydrogen) atoms. The molecule has 5 N–H and O–H groups in total. The summed E-state index contributed by atoms with van der Waals surface area (Å²) in [6.45, 7) is 1.43. The third-order valence-corrected chi connectivity index (χ3v) is 5.73. The van der Waals surface area contributed by atoms with E-state index < -0.39 is 28.0 Å². The van der Waals surface area contributed by atoms with Crippen LogP contribution in [0.2, 0.25) is 5.02 Å². The van der Waals surface area contributed by atoms with Gasteiger partial charge in [-0.3, -0.25) is 9.52 Å². The van der Waals surface area contributed by atoms with Crippen LogP contribution in [0.15, 0.2) is 51.8 Å². The highest BCUT2D eigenvalue weighted by atomic mass is 79.9. The van der Waals surface area contributed by atoms with E-state index in [9.17, 15) is 18.0 Å². The molecule has 8 nitrogen and oxygen atoms in total. The third kappa shape index (κ3) is 5.84. The molecule has 0 unspecified atom stereocenters. The molecular weight excluding hydrogens is 460 g/mol. The van der Waals surface area contributed by atoms with Gasteiger partial charge in [0, 0.05) is 15.8 Å². The van der Waals surface area contributed by atoms with Crippen LogP contribution < -0.4 is 21.1 Å². The van der Waals surface area contributed by atoms with Crippen LogP contribution in [0, 0.1) is 0 Å². The van der Waals surface area contributed by atoms with Gasteiger partial charge in [-0.2, -0.15) is 0 Å². The van der Waals surface area contributed by atoms with Crippen molar-refractivity contribution in [2.24, 2.45) is 5.73 Å². The van der Waals surface area contributed by atoms with Crippen molar-refractivity contribution >= 4 is 60.9 Å². The highest BCUT2D eigenvalue weighted by Crippen LogP contribution is 2.27. The van der Waals surface area contributed by atoms with Crippen LogP contribution in [0.1, 0.15) is 6.92 Å². The first-order chi connectivity index (χ1) is 12.6. The van der Waals surface area contributed by atoms with Gasteiger partial charge in [-0.1, -0.05) is 27.5 Å². The van der Waals surface area contributed by atoms with E-state index in [1.54, 1.807) is 24.3 Å². The Balaban J connectivity index is 2.24. The topological polar surface area (TPSA) is 130 Å². The molecule has 0 aromatic heterocycles. The average molecular weight is 476 g/mol. The smallest absolute Gasteiger partial charge is 0.312 e. The van der Waals surface area contributed by atoms with Gasteiger partial charge in [-0.25, -0.2) is 13.2 Å². The Labute approximate surface area is 169 Å². The van der Waals surface area contributed by atoms with Gasteiger partial charge >= 0.3 is 6.03 Å². The van der Waals surface area contributed by atoms with Crippen molar-refractivity contribution in [2.45, 2.75) is 17.9 Å². The largest absolute Gasteiger partial charge is 0.352 e. The Bertz CT molecular complexity index is 967. The van der Waals surface area contributed by atoms with Crippen LogP contribution in [0.3, 0.4) is 0 Å². The van der Waals surface area contributed by atoms with Gasteiger partial charge in [0.1, 0.15) is 10.9 Å². The fourth-order valence-electron chi connectivity index (χ4n) is 2.04. The predicted octanol–water partition coefficient (Wildman–Crippen LogP) is 2.90. The van der Waals surface area contributed by atoms with Gasteiger partial charge in [0.05, 0.1) is 5.02 Å². The lowest BCUT2D eigenvalue weighted by molar-refractivity contribution is -0.117. The molecule has 11 heteroatoms. The number of hydrogen-bond donors (Lipinski definition) is 4. The number of benzene rings is 2. The number of nitrogens with one attached hydrogen (secondary N) is 3. The molecule has 0 radical (unpaired) electrons. The van der Waals surface area contributed by atoms with E-state index in [-0.39, 0.29) is 15.6 Å². The number of amides is 3. The van der Waals surface area contributed by atoms with E-state index in [1.807, 2.05) is 0 Å². The number of anilines is 2. The minimum atomic E-state index is -3.99. The number of sulfonamides is 1. The van der Waals surface area contributed by atoms with Gasteiger partial charge in [0.15, 0.2) is 0 Å². The normalized spacial score (nSPS) is 12.1. The van der Waals surface area contributed by atoms with Crippen molar-refractivity contribution in [2.75, 3.05) is 10.0 Å². The quantitative estimate of drug-likeness (QED) is 0.511. The summed E-state index contributed by atoms with van der Waals surface area (Å²) < 4.78 is 28.5. The Morgan fingerprint density at radius 1 is 1.11 bits per heavy atom. The number of hydrogen-bond acceptors (Lipinski definition) is 4. The Morgan fingerprint density at radius 2 is 1.70 bits per heavy atom. The monoisotopic (exact) mass is 474 g/mol. The molecule has 0 aliphatic heterocycles. The van der Waals surface area contributed by atoms with E-state index in [1.165, 1.54) is 25.1 Å². The minimum Gasteiger partial charge on any atom is -0.352 e. The second-order valence-electron chi connectivity index (χ2n) is 5.48. The van der Waals surface area contributed by atoms with Crippen LogP contribution in [0.5, 0.6) is 0 Å². The first-order valence-electron chi connectivity index (χ1n) is 7.53. The number of halogens is 2. The van der Waals surface area contributed by atoms with E-state index in [0.717, 1.165) is 4.47 Å². The van der Waals surface area contributed by atoms with Crippen molar-refractivity contribution in [3.05, 3.63) is 52.0 Å². The van der Waals surface area contributed by atoms with Crippen LogP contribution in [0.4, 0.5) is 16.2 Å². The summed E-state index contributed by atoms with van der Waals surface area (Å²) in [7, 11) is -3.99. The SMILES string of the molecule is C[C@H](NC(N)=O)C(=O)Nc1ccc(Cl)c(S(=O)(=O)Nc2ccc(Br)cc2)c1. The minimum absolute atomic E-state index is 0.0130. The van der Waals surface area contributed by atoms with Gasteiger partial charge < -0.3 is 16.4 Å². The molecule has 2 aromatic carbocycles. The lowest BCUT2D eigenvalue weighted by atomic mass is 10.2. The van der Waals surface area contributed by atoms with Gasteiger partial charge in [0.2, 0.25) is 5.91 Å². The first-order valence-corrected chi connectivity index (χ1v) is 10.2. The summed E-state index contributed by atoms with van der Waals surface area (Å²) in [5.41, 5.74) is 5.51. The van der Waals surface area contributed by atoms with Crippen LogP contribution in [-0.4, -0.2) is 26.4 Å². The van der Waals surface area contributed by atoms with Crippen LogP contribution in [0.25, 0.3) is 0 Å². The second-order valence-corrected chi connectivity index (χ2v) is 8.45. The van der Waals surface area contributed by atoms with Crippen molar-refractivity contribution in [1.29, 1.82) is 0 Å². The zero-order chi connectivity index (χ0) is 20.2. The van der Waals surface area contributed by atoms with Crippen molar-refractivity contribution in [3.8, 4) is 0 Å². The van der Waals surface area contributed by atoms with E-state index in [2.05, 4.69) is 31.3 Å². The molecule has 3 amide bonds. The Morgan fingerprint density at radius 3 is 2.30 bits per heavy atom. The number of carbonyl (C=O) groups is 2. The number of primary amides is 1. The summed E-state index contributed by atoms with van der Waals surface area (Å²) in [5, 5.41) is 4.70. The van der Waals surface area contributed by atoms with Gasteiger partial charge in [-0.05, 0) is 49.4 Å². The summed E-state index contributed by atoms with van der Waals surface area (Å²) in [4.78, 5) is 22.6. The molecule has 0 fully saturated rings. The summed E-state index contributed by atoms with van der Waals surface area (Å²) >= 11 is 9.30. The molecule has 0 aliphatic carbocycles. The van der Waals surface area contributed by atoms with Crippen molar-refractivity contribution < 1.29 is 18.0 Å². The highest BCUT2D eigenvalue weighted by Gasteiger charge is 2.20. The molecule has 2 rings (SSSR count). The zero-order valence-electron chi connectivity index (χ0n) is 14.0. The molecule has 1 atom stereocenters. The van der Waals surface area contributed by atoms with Crippen LogP contribution in [-0.2, 0) is 14.8 Å². The van der Waals surface area contributed by atoms with Gasteiger partial charge in [-0.15, -0.1) is 0 Å². The number of urea groups is 1. The Hall–Kier alpha value is -2.30. The fraction of sp³-hybridized carbons (Fsp3) is 0.125. The molecule has 0 bridgehead atoms. The van der Waals surface area contributed by atoms with E-state index >= 15 is 0 Å². The summed E-state index contributed by atoms with van der Waals surface area (Å²) in [6, 6.07) is 8.78. The maximum Gasteiger partial charge on any atom is 0.312 e. The zero-order valence-corrected chi connectivity index (χ0v) is 17.2. The van der Waals surface area contributed by atoms with E-state index in [4.69, 9.17) is 17.3 Å². The summed E-state index contributed by atoms with van der Waals surface area (Å²) in [6.07, 6.45) is 0. The summed E-state index contributed by atoms with van der Waals surface area (Å²) in [5.74, 6) is -0.569. The molecule has 0 aliphatic rings. The second kappa shape index (κ2) is 8.59. The molecule has 0 spiro atoms.